The lowest BCUT2D eigenvalue weighted by Crippen LogP contribution is -2.16. The molecule has 3 heterocycles. The minimum absolute atomic E-state index is 0.0998. The molecule has 0 atom stereocenters. The molecule has 35 heavy (non-hydrogen) atoms. The number of ether oxygens (including phenoxy) is 2. The van der Waals surface area contributed by atoms with Crippen LogP contribution in [0.4, 0.5) is 13.2 Å². The van der Waals surface area contributed by atoms with E-state index in [1.54, 1.807) is 25.2 Å². The number of halogens is 3. The van der Waals surface area contributed by atoms with Crippen molar-refractivity contribution in [2.24, 2.45) is 0 Å². The fourth-order valence-electron chi connectivity index (χ4n) is 3.67. The molecule has 0 bridgehead atoms. The smallest absolute Gasteiger partial charge is 0.435 e. The van der Waals surface area contributed by atoms with Crippen LogP contribution in [0.1, 0.15) is 28.5 Å². The number of hydrogen-bond acceptors (Lipinski definition) is 7. The number of hydrogen-bond donors (Lipinski definition) is 1. The van der Waals surface area contributed by atoms with E-state index in [0.717, 1.165) is 0 Å². The maximum atomic E-state index is 13.7. The average molecular weight is 488 g/mol. The number of benzene rings is 1. The first-order valence-electron chi connectivity index (χ1n) is 10.8. The highest BCUT2D eigenvalue weighted by atomic mass is 19.4. The molecule has 184 valence electrons. The van der Waals surface area contributed by atoms with Gasteiger partial charge in [0.2, 0.25) is 5.65 Å². The molecule has 0 aliphatic rings. The molecule has 0 radical (unpaired) electrons. The largest absolute Gasteiger partial charge is 0.465 e. The lowest BCUT2D eigenvalue weighted by atomic mass is 10.1. The molecule has 4 aromatic rings. The van der Waals surface area contributed by atoms with Crippen molar-refractivity contribution in [3.63, 3.8) is 0 Å². The van der Waals surface area contributed by atoms with Gasteiger partial charge in [0.1, 0.15) is 5.75 Å². The number of imidazole rings is 1. The maximum absolute atomic E-state index is 13.7. The highest BCUT2D eigenvalue weighted by Crippen LogP contribution is 2.37. The second kappa shape index (κ2) is 9.74. The zero-order chi connectivity index (χ0) is 25.2. The molecule has 12 heteroatoms. The number of methoxy groups -OCH3 is 1. The number of alkyl halides is 3. The van der Waals surface area contributed by atoms with Gasteiger partial charge >= 0.3 is 12.1 Å². The summed E-state index contributed by atoms with van der Waals surface area (Å²) in [5.74, 6) is 0.0422. The van der Waals surface area contributed by atoms with Crippen molar-refractivity contribution in [1.82, 2.24) is 29.5 Å². The minimum atomic E-state index is -4.64. The van der Waals surface area contributed by atoms with E-state index < -0.39 is 17.8 Å². The summed E-state index contributed by atoms with van der Waals surface area (Å²) in [6.07, 6.45) is 1.52. The summed E-state index contributed by atoms with van der Waals surface area (Å²) in [7, 11) is 3.02. The van der Waals surface area contributed by atoms with Gasteiger partial charge in [-0.2, -0.15) is 18.3 Å². The van der Waals surface area contributed by atoms with Gasteiger partial charge in [0.25, 0.3) is 5.88 Å². The molecular formula is C23H23F3N6O3. The third-order valence-corrected chi connectivity index (χ3v) is 5.37. The van der Waals surface area contributed by atoms with Crippen LogP contribution >= 0.6 is 0 Å². The molecular weight excluding hydrogens is 465 g/mol. The lowest BCUT2D eigenvalue weighted by molar-refractivity contribution is -0.141. The Morgan fingerprint density at radius 3 is 2.71 bits per heavy atom. The van der Waals surface area contributed by atoms with Crippen LogP contribution in [-0.2, 0) is 23.9 Å². The second-order valence-corrected chi connectivity index (χ2v) is 7.59. The Kier molecular flexibility index (Phi) is 6.74. The van der Waals surface area contributed by atoms with Gasteiger partial charge in [-0.05, 0) is 37.2 Å². The quantitative estimate of drug-likeness (QED) is 0.375. The van der Waals surface area contributed by atoms with Crippen LogP contribution in [0.25, 0.3) is 16.9 Å². The predicted molar refractivity (Wildman–Crippen MR) is 120 cm³/mol. The van der Waals surface area contributed by atoms with Crippen LogP contribution in [0.3, 0.4) is 0 Å². The summed E-state index contributed by atoms with van der Waals surface area (Å²) in [6.45, 7) is 2.62. The zero-order valence-corrected chi connectivity index (χ0v) is 19.3. The molecule has 1 aromatic carbocycles. The number of carbonyl (C=O) groups excluding carboxylic acids is 1. The summed E-state index contributed by atoms with van der Waals surface area (Å²) in [5.41, 5.74) is 0.467. The highest BCUT2D eigenvalue weighted by Gasteiger charge is 2.38. The molecule has 3 aromatic heterocycles. The van der Waals surface area contributed by atoms with E-state index in [2.05, 4.69) is 20.4 Å². The predicted octanol–water partition coefficient (Wildman–Crippen LogP) is 3.97. The fraction of sp³-hybridized carbons (Fsp3) is 0.304. The molecule has 0 aliphatic heterocycles. The van der Waals surface area contributed by atoms with Gasteiger partial charge in [-0.3, -0.25) is 9.08 Å². The Morgan fingerprint density at radius 2 is 2.03 bits per heavy atom. The number of rotatable bonds is 8. The van der Waals surface area contributed by atoms with E-state index in [1.807, 2.05) is 6.92 Å². The van der Waals surface area contributed by atoms with Crippen molar-refractivity contribution in [3.8, 4) is 22.9 Å². The Hall–Kier alpha value is -3.93. The highest BCUT2D eigenvalue weighted by molar-refractivity contribution is 5.91. The Bertz CT molecular complexity index is 1360. The Labute approximate surface area is 198 Å². The van der Waals surface area contributed by atoms with E-state index in [4.69, 9.17) is 9.47 Å². The zero-order valence-electron chi connectivity index (χ0n) is 19.3. The van der Waals surface area contributed by atoms with Gasteiger partial charge in [-0.15, -0.1) is 0 Å². The second-order valence-electron chi connectivity index (χ2n) is 7.59. The third kappa shape index (κ3) is 4.83. The number of carbonyl (C=O) groups is 1. The first-order valence-corrected chi connectivity index (χ1v) is 10.8. The van der Waals surface area contributed by atoms with Crippen molar-refractivity contribution < 1.29 is 27.4 Å². The molecule has 4 rings (SSSR count). The molecule has 0 amide bonds. The van der Waals surface area contributed by atoms with E-state index in [9.17, 15) is 18.0 Å². The van der Waals surface area contributed by atoms with Crippen molar-refractivity contribution in [3.05, 3.63) is 59.8 Å². The van der Waals surface area contributed by atoms with Gasteiger partial charge in [-0.1, -0.05) is 6.92 Å². The van der Waals surface area contributed by atoms with E-state index in [1.165, 1.54) is 41.0 Å². The van der Waals surface area contributed by atoms with Gasteiger partial charge in [0.05, 0.1) is 36.7 Å². The van der Waals surface area contributed by atoms with Gasteiger partial charge < -0.3 is 14.8 Å². The lowest BCUT2D eigenvalue weighted by Gasteiger charge is -2.10. The van der Waals surface area contributed by atoms with Crippen LogP contribution in [0.2, 0.25) is 0 Å². The van der Waals surface area contributed by atoms with Crippen LogP contribution in [-0.4, -0.2) is 50.8 Å². The van der Waals surface area contributed by atoms with Crippen LogP contribution in [0, 0.1) is 0 Å². The molecule has 0 spiro atoms. The summed E-state index contributed by atoms with van der Waals surface area (Å²) in [4.78, 5) is 20.4. The first kappa shape index (κ1) is 24.2. The number of likely N-dealkylation sites (N-methyl/N-ethyl adjacent to an activating group) is 1. The van der Waals surface area contributed by atoms with E-state index >= 15 is 0 Å². The molecule has 0 fully saturated rings. The van der Waals surface area contributed by atoms with Crippen molar-refractivity contribution in [2.75, 3.05) is 20.7 Å². The SMILES string of the molecule is CCc1cc(Oc2nccn3c(-c4cn(CCNC)nc4C(F)(F)F)cnc23)ccc1C(=O)OC. The Morgan fingerprint density at radius 1 is 1.23 bits per heavy atom. The minimum Gasteiger partial charge on any atom is -0.465 e. The third-order valence-electron chi connectivity index (χ3n) is 5.37. The summed E-state index contributed by atoms with van der Waals surface area (Å²) < 4.78 is 54.6. The van der Waals surface area contributed by atoms with Gasteiger partial charge in [0.15, 0.2) is 5.69 Å². The summed E-state index contributed by atoms with van der Waals surface area (Å²) in [6, 6.07) is 4.87. The number of nitrogens with zero attached hydrogens (tertiary/aromatic N) is 5. The Balaban J connectivity index is 1.73. The van der Waals surface area contributed by atoms with E-state index in [-0.39, 0.29) is 29.3 Å². The van der Waals surface area contributed by atoms with E-state index in [0.29, 0.717) is 29.8 Å². The number of nitrogens with one attached hydrogen (secondary N) is 1. The summed E-state index contributed by atoms with van der Waals surface area (Å²) >= 11 is 0. The molecule has 0 aliphatic carbocycles. The summed E-state index contributed by atoms with van der Waals surface area (Å²) in [5, 5.41) is 6.64. The normalized spacial score (nSPS) is 11.7. The number of fused-ring (bicyclic) bond motifs is 1. The molecule has 0 unspecified atom stereocenters. The van der Waals surface area contributed by atoms with Crippen LogP contribution < -0.4 is 10.1 Å². The van der Waals surface area contributed by atoms with Gasteiger partial charge in [-0.25, -0.2) is 14.8 Å². The fourth-order valence-corrected chi connectivity index (χ4v) is 3.67. The molecule has 1 N–H and O–H groups in total. The maximum Gasteiger partial charge on any atom is 0.435 e. The van der Waals surface area contributed by atoms with Crippen molar-refractivity contribution >= 4 is 11.6 Å². The van der Waals surface area contributed by atoms with Crippen molar-refractivity contribution in [2.45, 2.75) is 26.1 Å². The standard InChI is InChI=1S/C23H23F3N6O3/c1-4-14-11-15(5-6-16(14)22(33)34-3)35-21-20-29-12-18(32(20)10-8-28-21)17-13-31(9-7-27-2)30-19(17)23(24,25)26/h5-6,8,10-13,27H,4,7,9H2,1-3H3. The average Bonchev–Trinajstić information content (AvgIpc) is 3.47. The topological polar surface area (TPSA) is 95.6 Å². The van der Waals surface area contributed by atoms with Crippen LogP contribution in [0.5, 0.6) is 11.6 Å². The number of aryl methyl sites for hydroxylation is 1. The number of aromatic nitrogens is 5. The molecule has 0 saturated heterocycles. The monoisotopic (exact) mass is 488 g/mol. The molecule has 0 saturated carbocycles. The first-order chi connectivity index (χ1) is 16.8. The van der Waals surface area contributed by atoms with Gasteiger partial charge in [0, 0.05) is 25.1 Å². The molecule has 9 nitrogen and oxygen atoms in total. The van der Waals surface area contributed by atoms with Crippen molar-refractivity contribution in [1.29, 1.82) is 0 Å². The van der Waals surface area contributed by atoms with Crippen LogP contribution in [0.15, 0.2) is 43.0 Å². The number of esters is 1.